The molecule has 1 heterocycles. The van der Waals surface area contributed by atoms with Crippen LogP contribution in [0.2, 0.25) is 0 Å². The van der Waals surface area contributed by atoms with E-state index in [2.05, 4.69) is 0 Å². The fraction of sp³-hybridized carbons (Fsp3) is 0.429. The van der Waals surface area contributed by atoms with E-state index in [-0.39, 0.29) is 11.5 Å². The van der Waals surface area contributed by atoms with Crippen LogP contribution >= 0.6 is 0 Å². The lowest BCUT2D eigenvalue weighted by Crippen LogP contribution is -2.40. The third-order valence-electron chi connectivity index (χ3n) is 3.27. The SMILES string of the molecule is CCOCCN1CCc2c(C(=O)O)cccc2C1=O. The molecule has 1 amide bonds. The number of ether oxygens (including phenoxy) is 1. The molecule has 0 bridgehead atoms. The van der Waals surface area contributed by atoms with Gasteiger partial charge in [0.25, 0.3) is 5.91 Å². The van der Waals surface area contributed by atoms with Gasteiger partial charge in [0.15, 0.2) is 0 Å². The summed E-state index contributed by atoms with van der Waals surface area (Å²) >= 11 is 0. The van der Waals surface area contributed by atoms with Gasteiger partial charge in [-0.1, -0.05) is 6.07 Å². The van der Waals surface area contributed by atoms with Crippen LogP contribution in [0.15, 0.2) is 18.2 Å². The Bertz CT molecular complexity index is 498. The van der Waals surface area contributed by atoms with Crippen molar-refractivity contribution in [3.63, 3.8) is 0 Å². The predicted octanol–water partition coefficient (Wildman–Crippen LogP) is 1.42. The molecule has 5 nitrogen and oxygen atoms in total. The highest BCUT2D eigenvalue weighted by Crippen LogP contribution is 2.22. The Morgan fingerprint density at radius 1 is 1.47 bits per heavy atom. The highest BCUT2D eigenvalue weighted by Gasteiger charge is 2.27. The Labute approximate surface area is 111 Å². The first-order valence-corrected chi connectivity index (χ1v) is 6.37. The summed E-state index contributed by atoms with van der Waals surface area (Å²) in [5.41, 5.74) is 1.38. The van der Waals surface area contributed by atoms with Gasteiger partial charge < -0.3 is 14.7 Å². The molecule has 2 rings (SSSR count). The van der Waals surface area contributed by atoms with Crippen molar-refractivity contribution >= 4 is 11.9 Å². The quantitative estimate of drug-likeness (QED) is 0.816. The van der Waals surface area contributed by atoms with Crippen molar-refractivity contribution in [3.05, 3.63) is 34.9 Å². The largest absolute Gasteiger partial charge is 0.478 e. The molecule has 0 radical (unpaired) electrons. The van der Waals surface area contributed by atoms with Gasteiger partial charge in [0, 0.05) is 25.3 Å². The lowest BCUT2D eigenvalue weighted by atomic mass is 9.94. The van der Waals surface area contributed by atoms with Crippen molar-refractivity contribution in [2.24, 2.45) is 0 Å². The third kappa shape index (κ3) is 2.76. The van der Waals surface area contributed by atoms with E-state index in [1.54, 1.807) is 23.1 Å². The zero-order chi connectivity index (χ0) is 13.8. The van der Waals surface area contributed by atoms with Crippen LogP contribution in [0.3, 0.4) is 0 Å². The maximum absolute atomic E-state index is 12.3. The van der Waals surface area contributed by atoms with E-state index in [9.17, 15) is 9.59 Å². The molecule has 1 aromatic rings. The number of aromatic carboxylic acids is 1. The summed E-state index contributed by atoms with van der Waals surface area (Å²) in [5, 5.41) is 9.12. The molecule has 0 unspecified atom stereocenters. The summed E-state index contributed by atoms with van der Waals surface area (Å²) in [6.45, 7) is 4.14. The number of hydrogen-bond acceptors (Lipinski definition) is 3. The van der Waals surface area contributed by atoms with Crippen molar-refractivity contribution < 1.29 is 19.4 Å². The van der Waals surface area contributed by atoms with Gasteiger partial charge in [0.1, 0.15) is 0 Å². The number of benzene rings is 1. The summed E-state index contributed by atoms with van der Waals surface area (Å²) in [6.07, 6.45) is 0.579. The van der Waals surface area contributed by atoms with Gasteiger partial charge in [-0.05, 0) is 31.0 Å². The smallest absolute Gasteiger partial charge is 0.335 e. The third-order valence-corrected chi connectivity index (χ3v) is 3.27. The normalized spacial score (nSPS) is 14.4. The van der Waals surface area contributed by atoms with E-state index in [1.165, 1.54) is 0 Å². The first kappa shape index (κ1) is 13.5. The lowest BCUT2D eigenvalue weighted by molar-refractivity contribution is 0.0638. The molecule has 0 saturated carbocycles. The van der Waals surface area contributed by atoms with E-state index in [0.29, 0.717) is 43.9 Å². The van der Waals surface area contributed by atoms with Crippen LogP contribution in [0.4, 0.5) is 0 Å². The highest BCUT2D eigenvalue weighted by molar-refractivity contribution is 6.01. The minimum Gasteiger partial charge on any atom is -0.478 e. The number of nitrogens with zero attached hydrogens (tertiary/aromatic N) is 1. The van der Waals surface area contributed by atoms with Crippen LogP contribution in [0.25, 0.3) is 0 Å². The van der Waals surface area contributed by atoms with Crippen LogP contribution in [0, 0.1) is 0 Å². The Morgan fingerprint density at radius 3 is 2.95 bits per heavy atom. The molecule has 0 aromatic heterocycles. The second-order valence-corrected chi connectivity index (χ2v) is 4.38. The van der Waals surface area contributed by atoms with Gasteiger partial charge in [-0.3, -0.25) is 4.79 Å². The number of amides is 1. The van der Waals surface area contributed by atoms with Gasteiger partial charge in [0.2, 0.25) is 0 Å². The van der Waals surface area contributed by atoms with E-state index < -0.39 is 5.97 Å². The minimum atomic E-state index is -0.979. The van der Waals surface area contributed by atoms with Gasteiger partial charge in [0.05, 0.1) is 12.2 Å². The summed E-state index contributed by atoms with van der Waals surface area (Å²) < 4.78 is 5.25. The van der Waals surface area contributed by atoms with Crippen molar-refractivity contribution in [1.82, 2.24) is 4.90 Å². The van der Waals surface area contributed by atoms with Crippen LogP contribution in [0.5, 0.6) is 0 Å². The number of carboxylic acid groups (broad SMARTS) is 1. The standard InChI is InChI=1S/C14H17NO4/c1-2-19-9-8-15-7-6-10-11(13(15)16)4-3-5-12(10)14(17)18/h3-5H,2,6-9H2,1H3,(H,17,18). The maximum Gasteiger partial charge on any atom is 0.335 e. The fourth-order valence-corrected chi connectivity index (χ4v) is 2.31. The van der Waals surface area contributed by atoms with Crippen LogP contribution in [-0.4, -0.2) is 48.2 Å². The predicted molar refractivity (Wildman–Crippen MR) is 69.5 cm³/mol. The summed E-state index contributed by atoms with van der Waals surface area (Å²) in [6, 6.07) is 4.85. The molecule has 1 aliphatic heterocycles. The zero-order valence-corrected chi connectivity index (χ0v) is 10.9. The molecule has 19 heavy (non-hydrogen) atoms. The molecule has 102 valence electrons. The number of carbonyl (C=O) groups is 2. The highest BCUT2D eigenvalue weighted by atomic mass is 16.5. The summed E-state index contributed by atoms with van der Waals surface area (Å²) in [7, 11) is 0. The summed E-state index contributed by atoms with van der Waals surface area (Å²) in [5.74, 6) is -1.09. The van der Waals surface area contributed by atoms with E-state index in [0.717, 1.165) is 0 Å². The molecule has 0 fully saturated rings. The first-order chi connectivity index (χ1) is 9.15. The lowest BCUT2D eigenvalue weighted by Gasteiger charge is -2.29. The first-order valence-electron chi connectivity index (χ1n) is 6.37. The van der Waals surface area contributed by atoms with Crippen LogP contribution in [-0.2, 0) is 11.2 Å². The zero-order valence-electron chi connectivity index (χ0n) is 10.9. The Morgan fingerprint density at radius 2 is 2.26 bits per heavy atom. The molecule has 5 heteroatoms. The Balaban J connectivity index is 2.20. The average molecular weight is 263 g/mol. The molecule has 0 atom stereocenters. The molecular weight excluding hydrogens is 246 g/mol. The second-order valence-electron chi connectivity index (χ2n) is 4.38. The van der Waals surface area contributed by atoms with Gasteiger partial charge in [-0.25, -0.2) is 4.79 Å². The Kier molecular flexibility index (Phi) is 4.16. The van der Waals surface area contributed by atoms with Crippen molar-refractivity contribution in [1.29, 1.82) is 0 Å². The molecule has 1 aromatic carbocycles. The van der Waals surface area contributed by atoms with Crippen LogP contribution < -0.4 is 0 Å². The average Bonchev–Trinajstić information content (AvgIpc) is 2.41. The molecule has 1 aliphatic rings. The fourth-order valence-electron chi connectivity index (χ4n) is 2.31. The van der Waals surface area contributed by atoms with E-state index >= 15 is 0 Å². The number of rotatable bonds is 5. The van der Waals surface area contributed by atoms with Gasteiger partial charge in [-0.15, -0.1) is 0 Å². The maximum atomic E-state index is 12.3. The molecular formula is C14H17NO4. The number of carbonyl (C=O) groups excluding carboxylic acids is 1. The van der Waals surface area contributed by atoms with Crippen molar-refractivity contribution in [2.75, 3.05) is 26.3 Å². The van der Waals surface area contributed by atoms with E-state index in [1.807, 2.05) is 6.92 Å². The van der Waals surface area contributed by atoms with Crippen LogP contribution in [0.1, 0.15) is 33.2 Å². The number of fused-ring (bicyclic) bond motifs is 1. The minimum absolute atomic E-state index is 0.107. The molecule has 1 N–H and O–H groups in total. The Hall–Kier alpha value is -1.88. The molecule has 0 saturated heterocycles. The monoisotopic (exact) mass is 263 g/mol. The number of carboxylic acids is 1. The van der Waals surface area contributed by atoms with Gasteiger partial charge >= 0.3 is 5.97 Å². The van der Waals surface area contributed by atoms with E-state index in [4.69, 9.17) is 9.84 Å². The van der Waals surface area contributed by atoms with Crippen molar-refractivity contribution in [2.45, 2.75) is 13.3 Å². The second kappa shape index (κ2) is 5.84. The molecule has 0 aliphatic carbocycles. The number of hydrogen-bond donors (Lipinski definition) is 1. The summed E-state index contributed by atoms with van der Waals surface area (Å²) in [4.78, 5) is 25.1. The molecule has 0 spiro atoms. The topological polar surface area (TPSA) is 66.8 Å². The van der Waals surface area contributed by atoms with Crippen molar-refractivity contribution in [3.8, 4) is 0 Å². The van der Waals surface area contributed by atoms with Gasteiger partial charge in [-0.2, -0.15) is 0 Å².